The summed E-state index contributed by atoms with van der Waals surface area (Å²) in [5, 5.41) is 7.29. The van der Waals surface area contributed by atoms with E-state index in [4.69, 9.17) is 0 Å². The number of nitrogens with one attached hydrogen (secondary N) is 1. The monoisotopic (exact) mass is 255 g/mol. The highest BCUT2D eigenvalue weighted by molar-refractivity contribution is 7.98. The molecule has 0 saturated heterocycles. The van der Waals surface area contributed by atoms with Crippen molar-refractivity contribution >= 4 is 29.0 Å². The van der Waals surface area contributed by atoms with Crippen molar-refractivity contribution in [2.24, 2.45) is 5.92 Å². The first kappa shape index (κ1) is 12.0. The third kappa shape index (κ3) is 3.52. The Hall–Kier alpha value is -0.480. The summed E-state index contributed by atoms with van der Waals surface area (Å²) in [6.45, 7) is 0.810. The quantitative estimate of drug-likeness (QED) is 0.792. The number of hydrogen-bond donors (Lipinski definition) is 1. The van der Waals surface area contributed by atoms with Crippen LogP contribution in [0.2, 0.25) is 0 Å². The van der Waals surface area contributed by atoms with Gasteiger partial charge in [-0.15, -0.1) is 0 Å². The van der Waals surface area contributed by atoms with Crippen LogP contribution in [-0.2, 0) is 10.5 Å². The van der Waals surface area contributed by atoms with Crippen LogP contribution in [0.1, 0.15) is 24.8 Å². The van der Waals surface area contributed by atoms with Gasteiger partial charge in [0.25, 0.3) is 0 Å². The van der Waals surface area contributed by atoms with Gasteiger partial charge in [0.15, 0.2) is 0 Å². The summed E-state index contributed by atoms with van der Waals surface area (Å²) >= 11 is 3.62. The molecule has 1 heterocycles. The lowest BCUT2D eigenvalue weighted by Crippen LogP contribution is -2.35. The van der Waals surface area contributed by atoms with Gasteiger partial charge in [-0.2, -0.15) is 23.1 Å². The van der Waals surface area contributed by atoms with E-state index in [0.29, 0.717) is 5.92 Å². The second-order valence-electron chi connectivity index (χ2n) is 4.10. The normalized spacial score (nSPS) is 15.8. The fourth-order valence-corrected chi connectivity index (χ4v) is 3.21. The van der Waals surface area contributed by atoms with Crippen LogP contribution in [0.25, 0.3) is 0 Å². The van der Waals surface area contributed by atoms with Crippen molar-refractivity contribution in [3.63, 3.8) is 0 Å². The van der Waals surface area contributed by atoms with Gasteiger partial charge >= 0.3 is 0 Å². The molecule has 1 N–H and O–H groups in total. The molecule has 0 atom stereocenters. The second-order valence-corrected chi connectivity index (χ2v) is 5.99. The van der Waals surface area contributed by atoms with Crippen LogP contribution in [0.5, 0.6) is 0 Å². The molecule has 88 valence electrons. The molecule has 1 fully saturated rings. The highest BCUT2D eigenvalue weighted by atomic mass is 32.2. The maximum absolute atomic E-state index is 11.5. The van der Waals surface area contributed by atoms with Crippen LogP contribution in [-0.4, -0.2) is 18.2 Å². The van der Waals surface area contributed by atoms with Crippen LogP contribution >= 0.6 is 23.1 Å². The summed E-state index contributed by atoms with van der Waals surface area (Å²) in [5.74, 6) is 2.65. The Morgan fingerprint density at radius 3 is 3.06 bits per heavy atom. The first-order valence-corrected chi connectivity index (χ1v) is 7.82. The van der Waals surface area contributed by atoms with E-state index in [0.717, 1.165) is 30.9 Å². The van der Waals surface area contributed by atoms with Crippen molar-refractivity contribution in [2.75, 3.05) is 12.3 Å². The summed E-state index contributed by atoms with van der Waals surface area (Å²) in [4.78, 5) is 11.5. The van der Waals surface area contributed by atoms with Crippen LogP contribution in [0.4, 0.5) is 0 Å². The summed E-state index contributed by atoms with van der Waals surface area (Å²) in [7, 11) is 0. The molecule has 0 aromatic carbocycles. The largest absolute Gasteiger partial charge is 0.355 e. The van der Waals surface area contributed by atoms with E-state index in [9.17, 15) is 4.79 Å². The van der Waals surface area contributed by atoms with Crippen LogP contribution in [0.3, 0.4) is 0 Å². The Bertz CT molecular complexity index is 320. The van der Waals surface area contributed by atoms with Crippen molar-refractivity contribution in [1.82, 2.24) is 5.32 Å². The van der Waals surface area contributed by atoms with Crippen molar-refractivity contribution in [2.45, 2.75) is 25.0 Å². The van der Waals surface area contributed by atoms with E-state index >= 15 is 0 Å². The van der Waals surface area contributed by atoms with E-state index in [1.165, 1.54) is 12.0 Å². The fourth-order valence-electron chi connectivity index (χ4n) is 1.63. The molecule has 1 aromatic rings. The van der Waals surface area contributed by atoms with Gasteiger partial charge in [-0.05, 0) is 35.2 Å². The highest BCUT2D eigenvalue weighted by Crippen LogP contribution is 2.26. The third-order valence-corrected chi connectivity index (χ3v) is 4.63. The van der Waals surface area contributed by atoms with Crippen LogP contribution in [0, 0.1) is 5.92 Å². The number of rotatable bonds is 6. The number of hydrogen-bond acceptors (Lipinski definition) is 3. The zero-order chi connectivity index (χ0) is 11.2. The Labute approximate surface area is 105 Å². The van der Waals surface area contributed by atoms with E-state index in [1.807, 2.05) is 11.8 Å². The van der Waals surface area contributed by atoms with Crippen LogP contribution < -0.4 is 5.32 Å². The number of carbonyl (C=O) groups excluding carboxylic acids is 1. The van der Waals surface area contributed by atoms with E-state index < -0.39 is 0 Å². The lowest BCUT2D eigenvalue weighted by atomic mass is 9.85. The highest BCUT2D eigenvalue weighted by Gasteiger charge is 2.24. The second kappa shape index (κ2) is 6.30. The molecule has 1 aliphatic carbocycles. The Morgan fingerprint density at radius 1 is 1.56 bits per heavy atom. The van der Waals surface area contributed by atoms with Crippen molar-refractivity contribution in [3.8, 4) is 0 Å². The molecule has 0 unspecified atom stereocenters. The predicted molar refractivity (Wildman–Crippen MR) is 70.8 cm³/mol. The molecule has 2 rings (SSSR count). The summed E-state index contributed by atoms with van der Waals surface area (Å²) < 4.78 is 0. The standard InChI is InChI=1S/C12H17NOS2/c14-12(11-2-1-3-11)13-5-7-16-9-10-4-6-15-8-10/h4,6,8,11H,1-3,5,7,9H2,(H,13,14). The van der Waals surface area contributed by atoms with E-state index in [-0.39, 0.29) is 5.91 Å². The fraction of sp³-hybridized carbons (Fsp3) is 0.583. The summed E-state index contributed by atoms with van der Waals surface area (Å²) in [6.07, 6.45) is 3.41. The average Bonchev–Trinajstić information content (AvgIpc) is 2.67. The molecule has 0 radical (unpaired) electrons. The number of amides is 1. The molecule has 1 aromatic heterocycles. The maximum atomic E-state index is 11.5. The Balaban J connectivity index is 1.50. The third-order valence-electron chi connectivity index (χ3n) is 2.87. The molecule has 0 bridgehead atoms. The number of thioether (sulfide) groups is 1. The minimum absolute atomic E-state index is 0.266. The van der Waals surface area contributed by atoms with Gasteiger partial charge in [-0.25, -0.2) is 0 Å². The number of thiophene rings is 1. The van der Waals surface area contributed by atoms with Gasteiger partial charge in [0, 0.05) is 24.0 Å². The Kier molecular flexibility index (Phi) is 4.72. The summed E-state index contributed by atoms with van der Waals surface area (Å²) in [5.41, 5.74) is 1.39. The van der Waals surface area contributed by atoms with Gasteiger partial charge in [0.2, 0.25) is 5.91 Å². The minimum atomic E-state index is 0.266. The molecule has 0 spiro atoms. The van der Waals surface area contributed by atoms with Gasteiger partial charge in [0.05, 0.1) is 0 Å². The van der Waals surface area contributed by atoms with Crippen molar-refractivity contribution in [1.29, 1.82) is 0 Å². The first-order valence-electron chi connectivity index (χ1n) is 5.73. The van der Waals surface area contributed by atoms with Crippen molar-refractivity contribution in [3.05, 3.63) is 22.4 Å². The van der Waals surface area contributed by atoms with E-state index in [2.05, 4.69) is 22.1 Å². The molecule has 16 heavy (non-hydrogen) atoms. The maximum Gasteiger partial charge on any atom is 0.223 e. The molecule has 1 saturated carbocycles. The molecular formula is C12H17NOS2. The van der Waals surface area contributed by atoms with Gasteiger partial charge in [0.1, 0.15) is 0 Å². The molecule has 1 amide bonds. The average molecular weight is 255 g/mol. The zero-order valence-corrected chi connectivity index (χ0v) is 10.9. The SMILES string of the molecule is O=C(NCCSCc1ccsc1)C1CCC1. The van der Waals surface area contributed by atoms with Gasteiger partial charge in [-0.3, -0.25) is 4.79 Å². The van der Waals surface area contributed by atoms with Crippen LogP contribution in [0.15, 0.2) is 16.8 Å². The van der Waals surface area contributed by atoms with Gasteiger partial charge in [-0.1, -0.05) is 6.42 Å². The molecule has 4 heteroatoms. The lowest BCUT2D eigenvalue weighted by molar-refractivity contribution is -0.127. The molecule has 2 nitrogen and oxygen atoms in total. The van der Waals surface area contributed by atoms with Gasteiger partial charge < -0.3 is 5.32 Å². The minimum Gasteiger partial charge on any atom is -0.355 e. The lowest BCUT2D eigenvalue weighted by Gasteiger charge is -2.23. The Morgan fingerprint density at radius 2 is 2.44 bits per heavy atom. The zero-order valence-electron chi connectivity index (χ0n) is 9.28. The first-order chi connectivity index (χ1) is 7.86. The number of carbonyl (C=O) groups is 1. The van der Waals surface area contributed by atoms with Crippen molar-refractivity contribution < 1.29 is 4.79 Å². The smallest absolute Gasteiger partial charge is 0.223 e. The molecule has 0 aliphatic heterocycles. The summed E-state index contributed by atoms with van der Waals surface area (Å²) in [6, 6.07) is 2.16. The molecule has 1 aliphatic rings. The topological polar surface area (TPSA) is 29.1 Å². The van der Waals surface area contributed by atoms with E-state index in [1.54, 1.807) is 11.3 Å². The molecular weight excluding hydrogens is 238 g/mol. The predicted octanol–water partition coefficient (Wildman–Crippen LogP) is 2.90.